The number of nitrogens with zero attached hydrogens (tertiary/aromatic N) is 4. The first-order chi connectivity index (χ1) is 15.4. The van der Waals surface area contributed by atoms with Crippen molar-refractivity contribution in [2.45, 2.75) is 59.2 Å². The van der Waals surface area contributed by atoms with E-state index in [4.69, 9.17) is 9.72 Å². The van der Waals surface area contributed by atoms with E-state index in [2.05, 4.69) is 39.0 Å². The molecule has 0 aliphatic carbocycles. The highest BCUT2D eigenvalue weighted by atomic mass is 16.5. The van der Waals surface area contributed by atoms with E-state index in [1.807, 2.05) is 26.0 Å². The van der Waals surface area contributed by atoms with Crippen molar-refractivity contribution in [3.05, 3.63) is 30.1 Å². The van der Waals surface area contributed by atoms with Gasteiger partial charge in [0.15, 0.2) is 28.5 Å². The van der Waals surface area contributed by atoms with Gasteiger partial charge in [-0.05, 0) is 24.8 Å². The lowest BCUT2D eigenvalue weighted by Gasteiger charge is -2.21. The molecule has 0 aliphatic rings. The summed E-state index contributed by atoms with van der Waals surface area (Å²) < 4.78 is 7.29. The summed E-state index contributed by atoms with van der Waals surface area (Å²) >= 11 is 0. The van der Waals surface area contributed by atoms with Gasteiger partial charge in [-0.2, -0.15) is 9.97 Å². The van der Waals surface area contributed by atoms with Crippen LogP contribution in [0.4, 0.5) is 11.8 Å². The summed E-state index contributed by atoms with van der Waals surface area (Å²) in [6.45, 7) is 8.67. The predicted octanol–water partition coefficient (Wildman–Crippen LogP) is 3.94. The molecule has 1 unspecified atom stereocenters. The summed E-state index contributed by atoms with van der Waals surface area (Å²) in [6.07, 6.45) is 3.72. The van der Waals surface area contributed by atoms with Crippen LogP contribution in [0.3, 0.4) is 0 Å². The first-order valence-corrected chi connectivity index (χ1v) is 11.1. The second-order valence-corrected chi connectivity index (χ2v) is 8.19. The Labute approximate surface area is 188 Å². The molecule has 0 saturated carbocycles. The van der Waals surface area contributed by atoms with E-state index in [9.17, 15) is 10.2 Å². The van der Waals surface area contributed by atoms with Crippen LogP contribution in [0.2, 0.25) is 0 Å². The third kappa shape index (κ3) is 4.88. The summed E-state index contributed by atoms with van der Waals surface area (Å²) in [7, 11) is 1.52. The van der Waals surface area contributed by atoms with Gasteiger partial charge in [-0.25, -0.2) is 4.98 Å². The lowest BCUT2D eigenvalue weighted by molar-refractivity contribution is 0.248. The monoisotopic (exact) mass is 442 g/mol. The number of aromatic hydroxyl groups is 1. The molecule has 9 nitrogen and oxygen atoms in total. The van der Waals surface area contributed by atoms with E-state index in [-0.39, 0.29) is 30.4 Å². The number of methoxy groups -OCH3 is 1. The Morgan fingerprint density at radius 3 is 2.53 bits per heavy atom. The van der Waals surface area contributed by atoms with Crippen LogP contribution in [0, 0.1) is 5.92 Å². The van der Waals surface area contributed by atoms with Crippen molar-refractivity contribution in [2.24, 2.45) is 5.92 Å². The maximum absolute atomic E-state index is 10.4. The summed E-state index contributed by atoms with van der Waals surface area (Å²) in [5, 5.41) is 26.7. The highest BCUT2D eigenvalue weighted by Gasteiger charge is 2.20. The normalized spacial score (nSPS) is 12.5. The van der Waals surface area contributed by atoms with Crippen LogP contribution in [0.5, 0.6) is 11.5 Å². The molecule has 3 aromatic rings. The van der Waals surface area contributed by atoms with Gasteiger partial charge >= 0.3 is 0 Å². The highest BCUT2D eigenvalue weighted by molar-refractivity contribution is 5.84. The number of imidazole rings is 1. The van der Waals surface area contributed by atoms with Crippen molar-refractivity contribution in [3.63, 3.8) is 0 Å². The van der Waals surface area contributed by atoms with Gasteiger partial charge < -0.3 is 30.2 Å². The van der Waals surface area contributed by atoms with Crippen molar-refractivity contribution in [2.75, 3.05) is 24.4 Å². The third-order valence-corrected chi connectivity index (χ3v) is 5.82. The number of hydrogen-bond donors (Lipinski definition) is 4. The molecule has 0 saturated heterocycles. The Bertz CT molecular complexity index is 1030. The minimum Gasteiger partial charge on any atom is -0.504 e. The number of para-hydroxylation sites is 1. The average molecular weight is 443 g/mol. The molecule has 4 N–H and O–H groups in total. The van der Waals surface area contributed by atoms with Gasteiger partial charge in [0, 0.05) is 18.2 Å². The van der Waals surface area contributed by atoms with Crippen molar-refractivity contribution < 1.29 is 14.9 Å². The minimum atomic E-state index is -0.174. The number of nitrogens with one attached hydrogen (secondary N) is 2. The van der Waals surface area contributed by atoms with Gasteiger partial charge in [-0.15, -0.1) is 0 Å². The van der Waals surface area contributed by atoms with Gasteiger partial charge in [-0.1, -0.05) is 39.8 Å². The van der Waals surface area contributed by atoms with E-state index in [1.165, 1.54) is 7.11 Å². The molecule has 174 valence electrons. The fraction of sp³-hybridized carbons (Fsp3) is 0.522. The van der Waals surface area contributed by atoms with Gasteiger partial charge in [0.05, 0.1) is 26.1 Å². The summed E-state index contributed by atoms with van der Waals surface area (Å²) in [4.78, 5) is 14.0. The Morgan fingerprint density at radius 1 is 1.16 bits per heavy atom. The van der Waals surface area contributed by atoms with Crippen LogP contribution >= 0.6 is 0 Å². The Morgan fingerprint density at radius 2 is 1.91 bits per heavy atom. The Kier molecular flexibility index (Phi) is 7.74. The number of benzene rings is 1. The first kappa shape index (κ1) is 23.6. The minimum absolute atomic E-state index is 0.0225. The van der Waals surface area contributed by atoms with Gasteiger partial charge in [0.25, 0.3) is 0 Å². The molecular weight excluding hydrogens is 408 g/mol. The predicted molar refractivity (Wildman–Crippen MR) is 126 cm³/mol. The number of phenols is 1. The topological polar surface area (TPSA) is 117 Å². The summed E-state index contributed by atoms with van der Waals surface area (Å²) in [5.74, 6) is 1.70. The van der Waals surface area contributed by atoms with Crippen LogP contribution in [-0.2, 0) is 6.54 Å². The molecule has 1 aromatic carbocycles. The van der Waals surface area contributed by atoms with Gasteiger partial charge in [0.1, 0.15) is 0 Å². The number of phenolic OH excluding ortho intramolecular Hbond substituents is 1. The van der Waals surface area contributed by atoms with Gasteiger partial charge in [-0.3, -0.25) is 0 Å². The fourth-order valence-corrected chi connectivity index (χ4v) is 3.70. The standard InChI is InChI=1S/C23H34N6O3/c1-6-16(7-2)29-13-25-19-21(24-11-15-9-8-10-18(32-5)20(15)31)27-23(28-22(19)29)26-17(12-30)14(3)4/h8-10,13-14,16-17,30-31H,6-7,11-12H2,1-5H3,(H2,24,26,27,28). The second kappa shape index (κ2) is 10.5. The van der Waals surface area contributed by atoms with Crippen molar-refractivity contribution in [1.29, 1.82) is 0 Å². The zero-order valence-electron chi connectivity index (χ0n) is 19.5. The van der Waals surface area contributed by atoms with Crippen LogP contribution < -0.4 is 15.4 Å². The van der Waals surface area contributed by atoms with E-state index in [0.717, 1.165) is 18.5 Å². The summed E-state index contributed by atoms with van der Waals surface area (Å²) in [5.41, 5.74) is 2.07. The quantitative estimate of drug-likeness (QED) is 0.353. The number of aromatic nitrogens is 4. The largest absolute Gasteiger partial charge is 0.504 e. The van der Waals surface area contributed by atoms with Crippen molar-refractivity contribution in [1.82, 2.24) is 19.5 Å². The number of hydrogen-bond acceptors (Lipinski definition) is 8. The lowest BCUT2D eigenvalue weighted by atomic mass is 10.1. The average Bonchev–Trinajstić information content (AvgIpc) is 3.21. The van der Waals surface area contributed by atoms with Crippen LogP contribution in [-0.4, -0.2) is 49.5 Å². The van der Waals surface area contributed by atoms with Crippen molar-refractivity contribution in [3.8, 4) is 11.5 Å². The zero-order chi connectivity index (χ0) is 23.3. The van der Waals surface area contributed by atoms with Crippen LogP contribution in [0.1, 0.15) is 52.1 Å². The SMILES string of the molecule is CCC(CC)n1cnc2c(NCc3cccc(OC)c3O)nc(NC(CO)C(C)C)nc21. The summed E-state index contributed by atoms with van der Waals surface area (Å²) in [6, 6.07) is 5.46. The van der Waals surface area contributed by atoms with E-state index >= 15 is 0 Å². The van der Waals surface area contributed by atoms with Crippen LogP contribution in [0.15, 0.2) is 24.5 Å². The lowest BCUT2D eigenvalue weighted by Crippen LogP contribution is -2.30. The van der Waals surface area contributed by atoms with E-state index < -0.39 is 0 Å². The molecule has 32 heavy (non-hydrogen) atoms. The number of aliphatic hydroxyl groups excluding tert-OH is 1. The number of fused-ring (bicyclic) bond motifs is 1. The Hall–Kier alpha value is -3.07. The number of ether oxygens (including phenoxy) is 1. The number of anilines is 2. The number of rotatable bonds is 11. The molecule has 2 heterocycles. The maximum atomic E-state index is 10.4. The van der Waals surface area contributed by atoms with E-state index in [0.29, 0.717) is 35.1 Å². The molecule has 0 bridgehead atoms. The molecule has 0 radical (unpaired) electrons. The molecular formula is C23H34N6O3. The molecule has 0 aliphatic heterocycles. The second-order valence-electron chi connectivity index (χ2n) is 8.19. The highest BCUT2D eigenvalue weighted by Crippen LogP contribution is 2.31. The molecule has 0 amide bonds. The molecule has 0 spiro atoms. The smallest absolute Gasteiger partial charge is 0.227 e. The maximum Gasteiger partial charge on any atom is 0.227 e. The Balaban J connectivity index is 2.01. The molecule has 0 fully saturated rings. The fourth-order valence-electron chi connectivity index (χ4n) is 3.70. The molecule has 2 aromatic heterocycles. The number of aliphatic hydroxyl groups is 1. The molecule has 9 heteroatoms. The van der Waals surface area contributed by atoms with Crippen molar-refractivity contribution >= 4 is 22.9 Å². The molecule has 1 atom stereocenters. The first-order valence-electron chi connectivity index (χ1n) is 11.1. The van der Waals surface area contributed by atoms with E-state index in [1.54, 1.807) is 12.4 Å². The van der Waals surface area contributed by atoms with Crippen LogP contribution in [0.25, 0.3) is 11.2 Å². The third-order valence-electron chi connectivity index (χ3n) is 5.82. The van der Waals surface area contributed by atoms with Gasteiger partial charge in [0.2, 0.25) is 5.95 Å². The molecule has 3 rings (SSSR count). The zero-order valence-corrected chi connectivity index (χ0v) is 19.5.